The normalized spacial score (nSPS) is 12.6. The molecule has 2 nitrogen and oxygen atoms in total. The van der Waals surface area contributed by atoms with Gasteiger partial charge in [0.15, 0.2) is 0 Å². The molecule has 7 heteroatoms. The van der Waals surface area contributed by atoms with Gasteiger partial charge in [-0.05, 0) is 0 Å². The molecule has 1 amide bonds. The molecule has 0 aliphatic heterocycles. The first-order valence-corrected chi connectivity index (χ1v) is 4.67. The highest BCUT2D eigenvalue weighted by molar-refractivity contribution is 6.25. The Morgan fingerprint density at radius 2 is 1.53 bits per heavy atom. The molecule has 0 aromatic heterocycles. The summed E-state index contributed by atoms with van der Waals surface area (Å²) < 4.78 is 36.1. The van der Waals surface area contributed by atoms with Crippen LogP contribution in [0.3, 0.4) is 0 Å². The van der Waals surface area contributed by atoms with E-state index in [0.717, 1.165) is 11.1 Å². The quantitative estimate of drug-likeness (QED) is 0.762. The van der Waals surface area contributed by atoms with Crippen LogP contribution in [-0.2, 0) is 4.79 Å². The minimum atomic E-state index is -4.89. The standard InChI is InChI=1S/C8H8Cl2F3NO/c9-3-1-5-14(6-2-4-10)7(15)8(11,12)13/h1-4H,5-6H2. The number of carbonyl (C=O) groups excluding carboxylic acids is 1. The molecule has 0 unspecified atom stereocenters. The summed E-state index contributed by atoms with van der Waals surface area (Å²) in [6.07, 6.45) is -2.43. The molecule has 0 saturated heterocycles. The van der Waals surface area contributed by atoms with Crippen molar-refractivity contribution in [2.45, 2.75) is 6.18 Å². The van der Waals surface area contributed by atoms with Crippen LogP contribution in [0.25, 0.3) is 0 Å². The molecule has 0 aromatic carbocycles. The molecule has 0 aliphatic carbocycles. The van der Waals surface area contributed by atoms with Gasteiger partial charge in [0.1, 0.15) is 0 Å². The number of halogens is 5. The van der Waals surface area contributed by atoms with Gasteiger partial charge in [-0.3, -0.25) is 4.79 Å². The summed E-state index contributed by atoms with van der Waals surface area (Å²) in [5.41, 5.74) is 2.09. The van der Waals surface area contributed by atoms with Crippen molar-refractivity contribution in [2.24, 2.45) is 0 Å². The molecular weight excluding hydrogens is 254 g/mol. The van der Waals surface area contributed by atoms with Gasteiger partial charge in [-0.2, -0.15) is 13.2 Å². The summed E-state index contributed by atoms with van der Waals surface area (Å²) in [6.45, 7) is -0.438. The maximum atomic E-state index is 12.0. The number of alkyl halides is 3. The van der Waals surface area contributed by atoms with Crippen LogP contribution in [0.2, 0.25) is 0 Å². The number of carbonyl (C=O) groups is 1. The highest BCUT2D eigenvalue weighted by Crippen LogP contribution is 2.18. The Kier molecular flexibility index (Phi) is 6.43. The Balaban J connectivity index is 4.54. The molecule has 0 aromatic rings. The molecule has 0 rings (SSSR count). The first-order chi connectivity index (χ1) is 6.93. The Morgan fingerprint density at radius 1 is 1.13 bits per heavy atom. The van der Waals surface area contributed by atoms with E-state index in [1.54, 1.807) is 0 Å². The topological polar surface area (TPSA) is 20.3 Å². The maximum absolute atomic E-state index is 12.0. The minimum Gasteiger partial charge on any atom is -0.327 e. The van der Waals surface area contributed by atoms with Crippen LogP contribution in [-0.4, -0.2) is 30.1 Å². The van der Waals surface area contributed by atoms with E-state index in [9.17, 15) is 18.0 Å². The third-order valence-electron chi connectivity index (χ3n) is 1.36. The van der Waals surface area contributed by atoms with Gasteiger partial charge >= 0.3 is 12.1 Å². The summed E-state index contributed by atoms with van der Waals surface area (Å²) in [6, 6.07) is 0. The van der Waals surface area contributed by atoms with Gasteiger partial charge in [0, 0.05) is 24.2 Å². The van der Waals surface area contributed by atoms with Crippen molar-refractivity contribution in [3.05, 3.63) is 23.2 Å². The molecule has 0 heterocycles. The van der Waals surface area contributed by atoms with Crippen LogP contribution in [0, 0.1) is 0 Å². The van der Waals surface area contributed by atoms with Crippen molar-refractivity contribution in [3.8, 4) is 0 Å². The van der Waals surface area contributed by atoms with Crippen LogP contribution in [0.5, 0.6) is 0 Å². The molecule has 0 saturated carbocycles. The van der Waals surface area contributed by atoms with Crippen molar-refractivity contribution < 1.29 is 18.0 Å². The fourth-order valence-corrected chi connectivity index (χ4v) is 0.913. The number of nitrogens with zero attached hydrogens (tertiary/aromatic N) is 1. The van der Waals surface area contributed by atoms with Crippen LogP contribution < -0.4 is 0 Å². The number of amides is 1. The van der Waals surface area contributed by atoms with Crippen LogP contribution in [0.15, 0.2) is 23.2 Å². The summed E-state index contributed by atoms with van der Waals surface area (Å²) in [5, 5.41) is 0. The van der Waals surface area contributed by atoms with Gasteiger partial charge in [-0.25, -0.2) is 0 Å². The lowest BCUT2D eigenvalue weighted by Gasteiger charge is -2.20. The second-order valence-electron chi connectivity index (χ2n) is 2.43. The third-order valence-corrected chi connectivity index (χ3v) is 1.72. The Hall–Kier alpha value is -0.680. The number of hydrogen-bond donors (Lipinski definition) is 0. The monoisotopic (exact) mass is 261 g/mol. The van der Waals surface area contributed by atoms with Gasteiger partial charge in [0.2, 0.25) is 0 Å². The molecule has 0 N–H and O–H groups in total. The Morgan fingerprint density at radius 3 is 1.80 bits per heavy atom. The van der Waals surface area contributed by atoms with E-state index in [2.05, 4.69) is 0 Å². The SMILES string of the molecule is O=C(N(CC=CCl)CC=CCl)C(F)(F)F. The van der Waals surface area contributed by atoms with Crippen LogP contribution in [0.4, 0.5) is 13.2 Å². The fraction of sp³-hybridized carbons (Fsp3) is 0.375. The summed E-state index contributed by atoms with van der Waals surface area (Å²) in [5.74, 6) is -1.92. The van der Waals surface area contributed by atoms with Crippen LogP contribution in [0.1, 0.15) is 0 Å². The zero-order chi connectivity index (χ0) is 11.9. The molecule has 0 aliphatic rings. The molecule has 0 bridgehead atoms. The van der Waals surface area contributed by atoms with Gasteiger partial charge in [-0.15, -0.1) is 0 Å². The average molecular weight is 262 g/mol. The van der Waals surface area contributed by atoms with E-state index in [4.69, 9.17) is 23.2 Å². The van der Waals surface area contributed by atoms with Crippen molar-refractivity contribution in [1.29, 1.82) is 0 Å². The molecule has 0 fully saturated rings. The number of rotatable bonds is 4. The first kappa shape index (κ1) is 14.3. The van der Waals surface area contributed by atoms with Crippen molar-refractivity contribution in [3.63, 3.8) is 0 Å². The molecule has 0 radical (unpaired) electrons. The molecule has 86 valence electrons. The number of hydrogen-bond acceptors (Lipinski definition) is 1. The van der Waals surface area contributed by atoms with E-state index in [1.165, 1.54) is 12.2 Å². The highest BCUT2D eigenvalue weighted by Gasteiger charge is 2.41. The Bertz CT molecular complexity index is 249. The fourth-order valence-electron chi connectivity index (χ4n) is 0.754. The predicted octanol–water partition coefficient (Wildman–Crippen LogP) is 2.88. The van der Waals surface area contributed by atoms with E-state index < -0.39 is 12.1 Å². The van der Waals surface area contributed by atoms with Gasteiger partial charge in [0.25, 0.3) is 0 Å². The van der Waals surface area contributed by atoms with Crippen LogP contribution >= 0.6 is 23.2 Å². The molecule has 15 heavy (non-hydrogen) atoms. The second kappa shape index (κ2) is 6.74. The second-order valence-corrected chi connectivity index (χ2v) is 2.94. The predicted molar refractivity (Wildman–Crippen MR) is 52.6 cm³/mol. The molecule has 0 spiro atoms. The highest BCUT2D eigenvalue weighted by atomic mass is 35.5. The van der Waals surface area contributed by atoms with Crippen molar-refractivity contribution in [1.82, 2.24) is 4.90 Å². The lowest BCUT2D eigenvalue weighted by molar-refractivity contribution is -0.184. The first-order valence-electron chi connectivity index (χ1n) is 3.80. The summed E-state index contributed by atoms with van der Waals surface area (Å²) >= 11 is 10.3. The Labute approximate surface area is 94.9 Å². The lowest BCUT2D eigenvalue weighted by atomic mass is 10.4. The molecule has 0 atom stereocenters. The third kappa shape index (κ3) is 5.69. The largest absolute Gasteiger partial charge is 0.471 e. The lowest BCUT2D eigenvalue weighted by Crippen LogP contribution is -2.41. The summed E-state index contributed by atoms with van der Waals surface area (Å²) in [4.78, 5) is 11.4. The zero-order valence-corrected chi connectivity index (χ0v) is 8.98. The van der Waals surface area contributed by atoms with Gasteiger partial charge in [0.05, 0.1) is 0 Å². The van der Waals surface area contributed by atoms with E-state index in [0.29, 0.717) is 4.90 Å². The average Bonchev–Trinajstić information content (AvgIpc) is 2.16. The molecular formula is C8H8Cl2F3NO. The zero-order valence-electron chi connectivity index (χ0n) is 7.47. The van der Waals surface area contributed by atoms with Crippen molar-refractivity contribution in [2.75, 3.05) is 13.1 Å². The van der Waals surface area contributed by atoms with E-state index in [1.807, 2.05) is 0 Å². The smallest absolute Gasteiger partial charge is 0.327 e. The van der Waals surface area contributed by atoms with Crippen molar-refractivity contribution >= 4 is 29.1 Å². The minimum absolute atomic E-state index is 0.219. The van der Waals surface area contributed by atoms with E-state index in [-0.39, 0.29) is 13.1 Å². The van der Waals surface area contributed by atoms with Gasteiger partial charge in [-0.1, -0.05) is 35.4 Å². The van der Waals surface area contributed by atoms with E-state index >= 15 is 0 Å². The summed E-state index contributed by atoms with van der Waals surface area (Å²) in [7, 11) is 0. The maximum Gasteiger partial charge on any atom is 0.471 e. The van der Waals surface area contributed by atoms with Gasteiger partial charge < -0.3 is 4.90 Å².